The van der Waals surface area contributed by atoms with Gasteiger partial charge in [0.25, 0.3) is 0 Å². The summed E-state index contributed by atoms with van der Waals surface area (Å²) in [7, 11) is 3.57. The average Bonchev–Trinajstić information content (AvgIpc) is 2.29. The number of anilines is 1. The van der Waals surface area contributed by atoms with Crippen molar-refractivity contribution in [3.8, 4) is 5.75 Å². The van der Waals surface area contributed by atoms with Crippen molar-refractivity contribution in [3.05, 3.63) is 30.0 Å². The Balaban J connectivity index is 2.86. The van der Waals surface area contributed by atoms with Crippen molar-refractivity contribution in [2.45, 2.75) is 6.92 Å². The van der Waals surface area contributed by atoms with Crippen LogP contribution in [-0.2, 0) is 0 Å². The zero-order valence-electron chi connectivity index (χ0n) is 9.16. The topological polar surface area (TPSA) is 34.2 Å². The first kappa shape index (κ1) is 9.77. The SMILES string of the molecule is CNc1ccnc2c(OC)ccc(C)c12. The van der Waals surface area contributed by atoms with E-state index < -0.39 is 0 Å². The Morgan fingerprint density at radius 1 is 1.27 bits per heavy atom. The molecule has 3 heteroatoms. The van der Waals surface area contributed by atoms with Gasteiger partial charge in [0, 0.05) is 24.3 Å². The molecule has 0 saturated carbocycles. The molecule has 1 aromatic carbocycles. The lowest BCUT2D eigenvalue weighted by Crippen LogP contribution is -1.95. The molecule has 0 unspecified atom stereocenters. The molecule has 0 aliphatic rings. The second-order valence-electron chi connectivity index (χ2n) is 3.42. The van der Waals surface area contributed by atoms with Gasteiger partial charge in [-0.05, 0) is 24.6 Å². The number of benzene rings is 1. The van der Waals surface area contributed by atoms with Gasteiger partial charge >= 0.3 is 0 Å². The van der Waals surface area contributed by atoms with E-state index in [1.165, 1.54) is 5.56 Å². The van der Waals surface area contributed by atoms with Crippen molar-refractivity contribution in [1.82, 2.24) is 4.98 Å². The number of aryl methyl sites for hydroxylation is 1. The highest BCUT2D eigenvalue weighted by atomic mass is 16.5. The van der Waals surface area contributed by atoms with E-state index in [-0.39, 0.29) is 0 Å². The van der Waals surface area contributed by atoms with Crippen LogP contribution >= 0.6 is 0 Å². The molecule has 1 aromatic heterocycles. The lowest BCUT2D eigenvalue weighted by atomic mass is 10.1. The zero-order valence-corrected chi connectivity index (χ0v) is 9.16. The second-order valence-corrected chi connectivity index (χ2v) is 3.42. The molecule has 0 fully saturated rings. The van der Waals surface area contributed by atoms with Crippen LogP contribution < -0.4 is 10.1 Å². The third kappa shape index (κ3) is 1.50. The first-order valence-corrected chi connectivity index (χ1v) is 4.88. The highest BCUT2D eigenvalue weighted by Gasteiger charge is 2.08. The molecule has 0 aliphatic carbocycles. The molecule has 2 rings (SSSR count). The Morgan fingerprint density at radius 3 is 2.73 bits per heavy atom. The summed E-state index contributed by atoms with van der Waals surface area (Å²) in [6.45, 7) is 2.07. The van der Waals surface area contributed by atoms with Crippen LogP contribution in [0.3, 0.4) is 0 Å². The van der Waals surface area contributed by atoms with Gasteiger partial charge in [-0.1, -0.05) is 6.07 Å². The fraction of sp³-hybridized carbons (Fsp3) is 0.250. The zero-order chi connectivity index (χ0) is 10.8. The van der Waals surface area contributed by atoms with Crippen LogP contribution in [0.2, 0.25) is 0 Å². The Hall–Kier alpha value is -1.77. The number of hydrogen-bond acceptors (Lipinski definition) is 3. The van der Waals surface area contributed by atoms with Gasteiger partial charge in [-0.25, -0.2) is 0 Å². The molecule has 0 aliphatic heterocycles. The van der Waals surface area contributed by atoms with E-state index >= 15 is 0 Å². The molecule has 0 bridgehead atoms. The standard InChI is InChI=1S/C12H14N2O/c1-8-4-5-10(15-3)12-11(8)9(13-2)6-7-14-12/h4-7H,1-3H3,(H,13,14). The van der Waals surface area contributed by atoms with Gasteiger partial charge in [0.1, 0.15) is 11.3 Å². The summed E-state index contributed by atoms with van der Waals surface area (Å²) in [5.74, 6) is 0.813. The monoisotopic (exact) mass is 202 g/mol. The summed E-state index contributed by atoms with van der Waals surface area (Å²) in [5, 5.41) is 4.29. The molecule has 0 radical (unpaired) electrons. The predicted octanol–water partition coefficient (Wildman–Crippen LogP) is 2.59. The average molecular weight is 202 g/mol. The van der Waals surface area contributed by atoms with Crippen molar-refractivity contribution in [1.29, 1.82) is 0 Å². The van der Waals surface area contributed by atoms with E-state index in [0.29, 0.717) is 0 Å². The fourth-order valence-electron chi connectivity index (χ4n) is 1.78. The number of methoxy groups -OCH3 is 1. The second kappa shape index (κ2) is 3.77. The van der Waals surface area contributed by atoms with E-state index in [9.17, 15) is 0 Å². The van der Waals surface area contributed by atoms with Crippen LogP contribution in [0.4, 0.5) is 5.69 Å². The molecule has 0 spiro atoms. The number of hydrogen-bond donors (Lipinski definition) is 1. The number of aromatic nitrogens is 1. The van der Waals surface area contributed by atoms with Crippen molar-refractivity contribution < 1.29 is 4.74 Å². The molecule has 2 aromatic rings. The minimum atomic E-state index is 0.813. The molecule has 3 nitrogen and oxygen atoms in total. The molecule has 1 heterocycles. The Bertz CT molecular complexity index is 494. The number of pyridine rings is 1. The van der Waals surface area contributed by atoms with Crippen LogP contribution in [0.1, 0.15) is 5.56 Å². The first-order chi connectivity index (χ1) is 7.27. The molecule has 15 heavy (non-hydrogen) atoms. The number of nitrogens with one attached hydrogen (secondary N) is 1. The largest absolute Gasteiger partial charge is 0.494 e. The maximum Gasteiger partial charge on any atom is 0.145 e. The molecule has 0 atom stereocenters. The van der Waals surface area contributed by atoms with Crippen molar-refractivity contribution >= 4 is 16.6 Å². The maximum absolute atomic E-state index is 5.29. The normalized spacial score (nSPS) is 10.3. The Kier molecular flexibility index (Phi) is 2.46. The Morgan fingerprint density at radius 2 is 2.07 bits per heavy atom. The third-order valence-electron chi connectivity index (χ3n) is 2.55. The fourth-order valence-corrected chi connectivity index (χ4v) is 1.78. The summed E-state index contributed by atoms with van der Waals surface area (Å²) in [4.78, 5) is 4.36. The number of fused-ring (bicyclic) bond motifs is 1. The van der Waals surface area contributed by atoms with Crippen molar-refractivity contribution in [3.63, 3.8) is 0 Å². The summed E-state index contributed by atoms with van der Waals surface area (Å²) in [5.41, 5.74) is 3.18. The van der Waals surface area contributed by atoms with Crippen LogP contribution in [0.25, 0.3) is 10.9 Å². The first-order valence-electron chi connectivity index (χ1n) is 4.88. The van der Waals surface area contributed by atoms with E-state index in [1.807, 2.05) is 25.2 Å². The van der Waals surface area contributed by atoms with Gasteiger partial charge < -0.3 is 10.1 Å². The third-order valence-corrected chi connectivity index (χ3v) is 2.55. The predicted molar refractivity (Wildman–Crippen MR) is 62.6 cm³/mol. The minimum absolute atomic E-state index is 0.813. The number of nitrogens with zero attached hydrogens (tertiary/aromatic N) is 1. The van der Waals surface area contributed by atoms with E-state index in [2.05, 4.69) is 17.2 Å². The smallest absolute Gasteiger partial charge is 0.145 e. The van der Waals surface area contributed by atoms with E-state index in [0.717, 1.165) is 22.3 Å². The molecule has 1 N–H and O–H groups in total. The van der Waals surface area contributed by atoms with Crippen LogP contribution in [0, 0.1) is 6.92 Å². The quantitative estimate of drug-likeness (QED) is 0.812. The lowest BCUT2D eigenvalue weighted by molar-refractivity contribution is 0.419. The van der Waals surface area contributed by atoms with Crippen LogP contribution in [0.15, 0.2) is 24.4 Å². The number of ether oxygens (including phenoxy) is 1. The molecule has 0 saturated heterocycles. The highest BCUT2D eigenvalue weighted by Crippen LogP contribution is 2.31. The summed E-state index contributed by atoms with van der Waals surface area (Å²) >= 11 is 0. The van der Waals surface area contributed by atoms with E-state index in [4.69, 9.17) is 4.74 Å². The van der Waals surface area contributed by atoms with Gasteiger partial charge in [0.05, 0.1) is 7.11 Å². The van der Waals surface area contributed by atoms with Crippen LogP contribution in [-0.4, -0.2) is 19.1 Å². The molecule has 78 valence electrons. The Labute approximate surface area is 89.1 Å². The van der Waals surface area contributed by atoms with Crippen LogP contribution in [0.5, 0.6) is 5.75 Å². The van der Waals surface area contributed by atoms with E-state index in [1.54, 1.807) is 13.3 Å². The lowest BCUT2D eigenvalue weighted by Gasteiger charge is -2.10. The number of rotatable bonds is 2. The van der Waals surface area contributed by atoms with Gasteiger partial charge in [0.2, 0.25) is 0 Å². The van der Waals surface area contributed by atoms with Crippen molar-refractivity contribution in [2.75, 3.05) is 19.5 Å². The van der Waals surface area contributed by atoms with Crippen molar-refractivity contribution in [2.24, 2.45) is 0 Å². The summed E-state index contributed by atoms with van der Waals surface area (Å²) in [6.07, 6.45) is 1.79. The molecule has 0 amide bonds. The van der Waals surface area contributed by atoms with Gasteiger partial charge in [0.15, 0.2) is 0 Å². The molecular formula is C12H14N2O. The van der Waals surface area contributed by atoms with Gasteiger partial charge in [-0.15, -0.1) is 0 Å². The minimum Gasteiger partial charge on any atom is -0.494 e. The molecular weight excluding hydrogens is 188 g/mol. The van der Waals surface area contributed by atoms with Gasteiger partial charge in [-0.3, -0.25) is 4.98 Å². The highest BCUT2D eigenvalue weighted by molar-refractivity contribution is 5.97. The summed E-state index contributed by atoms with van der Waals surface area (Å²) in [6, 6.07) is 5.96. The summed E-state index contributed by atoms with van der Waals surface area (Å²) < 4.78 is 5.29. The van der Waals surface area contributed by atoms with Gasteiger partial charge in [-0.2, -0.15) is 0 Å². The maximum atomic E-state index is 5.29.